The maximum absolute atomic E-state index is 12.3. The van der Waals surface area contributed by atoms with Gasteiger partial charge in [0.05, 0.1) is 12.7 Å². The summed E-state index contributed by atoms with van der Waals surface area (Å²) < 4.78 is 11.4. The number of amides is 1. The van der Waals surface area contributed by atoms with Crippen molar-refractivity contribution in [1.82, 2.24) is 4.90 Å². The van der Waals surface area contributed by atoms with Gasteiger partial charge in [0, 0.05) is 31.7 Å². The molecule has 2 N–H and O–H groups in total. The van der Waals surface area contributed by atoms with Crippen LogP contribution in [0.15, 0.2) is 24.3 Å². The van der Waals surface area contributed by atoms with Gasteiger partial charge in [-0.3, -0.25) is 9.59 Å². The molecule has 2 rings (SSSR count). The summed E-state index contributed by atoms with van der Waals surface area (Å²) in [5, 5.41) is 0. The lowest BCUT2D eigenvalue weighted by atomic mass is 10.1. The fourth-order valence-electron chi connectivity index (χ4n) is 2.98. The predicted molar refractivity (Wildman–Crippen MR) is 100 cm³/mol. The van der Waals surface area contributed by atoms with Gasteiger partial charge < -0.3 is 20.1 Å². The number of likely N-dealkylation sites (tertiary alicyclic amines) is 1. The van der Waals surface area contributed by atoms with Crippen LogP contribution in [-0.2, 0) is 9.53 Å². The first-order valence-electron chi connectivity index (χ1n) is 9.43. The zero-order valence-corrected chi connectivity index (χ0v) is 15.6. The second-order valence-corrected chi connectivity index (χ2v) is 6.63. The van der Waals surface area contributed by atoms with Crippen molar-refractivity contribution in [3.8, 4) is 5.75 Å². The summed E-state index contributed by atoms with van der Waals surface area (Å²) in [7, 11) is 0. The number of hydrogen-bond acceptors (Lipinski definition) is 5. The van der Waals surface area contributed by atoms with Crippen LogP contribution in [-0.4, -0.2) is 55.5 Å². The minimum atomic E-state index is 0.0148. The average Bonchev–Trinajstić information content (AvgIpc) is 2.66. The minimum Gasteiger partial charge on any atom is -0.494 e. The van der Waals surface area contributed by atoms with Gasteiger partial charge in [-0.05, 0) is 51.3 Å². The Morgan fingerprint density at radius 3 is 2.65 bits per heavy atom. The third-order valence-electron chi connectivity index (χ3n) is 4.54. The molecule has 0 bridgehead atoms. The van der Waals surface area contributed by atoms with Gasteiger partial charge >= 0.3 is 0 Å². The van der Waals surface area contributed by atoms with Crippen LogP contribution in [0.4, 0.5) is 0 Å². The highest BCUT2D eigenvalue weighted by atomic mass is 16.5. The van der Waals surface area contributed by atoms with Crippen molar-refractivity contribution < 1.29 is 19.1 Å². The van der Waals surface area contributed by atoms with Gasteiger partial charge in [0.25, 0.3) is 0 Å². The average molecular weight is 362 g/mol. The van der Waals surface area contributed by atoms with Crippen molar-refractivity contribution in [2.24, 2.45) is 5.73 Å². The molecular weight excluding hydrogens is 332 g/mol. The van der Waals surface area contributed by atoms with Crippen molar-refractivity contribution in [2.45, 2.75) is 45.1 Å². The van der Waals surface area contributed by atoms with Crippen LogP contribution < -0.4 is 10.5 Å². The highest BCUT2D eigenvalue weighted by Crippen LogP contribution is 2.16. The van der Waals surface area contributed by atoms with E-state index in [1.807, 2.05) is 11.0 Å². The van der Waals surface area contributed by atoms with Crippen LogP contribution in [0.3, 0.4) is 0 Å². The Morgan fingerprint density at radius 1 is 1.19 bits per heavy atom. The smallest absolute Gasteiger partial charge is 0.222 e. The lowest BCUT2D eigenvalue weighted by Gasteiger charge is -2.32. The first-order chi connectivity index (χ1) is 12.6. The summed E-state index contributed by atoms with van der Waals surface area (Å²) >= 11 is 0. The van der Waals surface area contributed by atoms with Crippen molar-refractivity contribution in [3.05, 3.63) is 29.8 Å². The standard InChI is InChI=1S/C20H30N2O4/c1-16(23)17-5-2-6-19(15-17)26-13-3-7-20(24)22-11-8-18(9-12-22)25-14-4-10-21/h2,5-6,15,18H,3-4,7-14,21H2,1H3. The van der Waals surface area contributed by atoms with Gasteiger partial charge in [-0.1, -0.05) is 12.1 Å². The topological polar surface area (TPSA) is 81.9 Å². The summed E-state index contributed by atoms with van der Waals surface area (Å²) in [5.41, 5.74) is 6.10. The number of Topliss-reactive ketones (excluding diaryl/α,β-unsaturated/α-hetero) is 1. The van der Waals surface area contributed by atoms with Gasteiger partial charge in [-0.15, -0.1) is 0 Å². The monoisotopic (exact) mass is 362 g/mol. The normalized spacial score (nSPS) is 15.1. The highest BCUT2D eigenvalue weighted by molar-refractivity contribution is 5.94. The van der Waals surface area contributed by atoms with Crippen molar-refractivity contribution in [3.63, 3.8) is 0 Å². The number of carbonyl (C=O) groups is 2. The van der Waals surface area contributed by atoms with E-state index in [0.29, 0.717) is 43.9 Å². The number of rotatable bonds is 10. The molecule has 144 valence electrons. The molecule has 0 radical (unpaired) electrons. The highest BCUT2D eigenvalue weighted by Gasteiger charge is 2.22. The molecule has 1 saturated heterocycles. The molecule has 1 aliphatic rings. The quantitative estimate of drug-likeness (QED) is 0.510. The molecule has 0 aliphatic carbocycles. The molecule has 1 heterocycles. The molecule has 0 aromatic heterocycles. The Balaban J connectivity index is 1.62. The molecule has 26 heavy (non-hydrogen) atoms. The van der Waals surface area contributed by atoms with E-state index in [1.165, 1.54) is 6.92 Å². The number of carbonyl (C=O) groups excluding carboxylic acids is 2. The first kappa shape index (κ1) is 20.4. The van der Waals surface area contributed by atoms with Crippen LogP contribution in [0.25, 0.3) is 0 Å². The van der Waals surface area contributed by atoms with Crippen LogP contribution in [0.1, 0.15) is 49.4 Å². The summed E-state index contributed by atoms with van der Waals surface area (Å²) in [6.45, 7) is 4.87. The molecule has 1 aliphatic heterocycles. The van der Waals surface area contributed by atoms with E-state index in [9.17, 15) is 9.59 Å². The predicted octanol–water partition coefficient (Wildman–Crippen LogP) is 2.40. The zero-order valence-electron chi connectivity index (χ0n) is 15.6. The number of nitrogens with zero attached hydrogens (tertiary/aromatic N) is 1. The molecule has 0 atom stereocenters. The second kappa shape index (κ2) is 10.9. The van der Waals surface area contributed by atoms with E-state index in [-0.39, 0.29) is 17.8 Å². The van der Waals surface area contributed by atoms with Gasteiger partial charge in [-0.2, -0.15) is 0 Å². The van der Waals surface area contributed by atoms with E-state index in [2.05, 4.69) is 0 Å². The summed E-state index contributed by atoms with van der Waals surface area (Å²) in [6.07, 6.45) is 4.06. The fraction of sp³-hybridized carbons (Fsp3) is 0.600. The molecule has 6 heteroatoms. The Hall–Kier alpha value is -1.92. The van der Waals surface area contributed by atoms with Gasteiger partial charge in [0.15, 0.2) is 5.78 Å². The third kappa shape index (κ3) is 6.77. The summed E-state index contributed by atoms with van der Waals surface area (Å²) in [5.74, 6) is 0.855. The third-order valence-corrected chi connectivity index (χ3v) is 4.54. The van der Waals surface area contributed by atoms with Crippen LogP contribution in [0.5, 0.6) is 5.75 Å². The molecule has 0 spiro atoms. The lowest BCUT2D eigenvalue weighted by Crippen LogP contribution is -2.41. The van der Waals surface area contributed by atoms with E-state index in [4.69, 9.17) is 15.2 Å². The molecular formula is C20H30N2O4. The number of hydrogen-bond donors (Lipinski definition) is 1. The van der Waals surface area contributed by atoms with Crippen molar-refractivity contribution in [2.75, 3.05) is 32.8 Å². The molecule has 1 amide bonds. The van der Waals surface area contributed by atoms with E-state index in [0.717, 1.165) is 32.4 Å². The SMILES string of the molecule is CC(=O)c1cccc(OCCCC(=O)N2CCC(OCCCN)CC2)c1. The first-order valence-corrected chi connectivity index (χ1v) is 9.43. The van der Waals surface area contributed by atoms with Crippen molar-refractivity contribution in [1.29, 1.82) is 0 Å². The number of ketones is 1. The zero-order chi connectivity index (χ0) is 18.8. The number of benzene rings is 1. The van der Waals surface area contributed by atoms with E-state index < -0.39 is 0 Å². The lowest BCUT2D eigenvalue weighted by molar-refractivity contribution is -0.134. The van der Waals surface area contributed by atoms with Gasteiger partial charge in [0.1, 0.15) is 5.75 Å². The molecule has 0 saturated carbocycles. The summed E-state index contributed by atoms with van der Waals surface area (Å²) in [6, 6.07) is 7.13. The fourth-order valence-corrected chi connectivity index (χ4v) is 2.98. The van der Waals surface area contributed by atoms with Crippen LogP contribution in [0, 0.1) is 0 Å². The van der Waals surface area contributed by atoms with Gasteiger partial charge in [-0.25, -0.2) is 0 Å². The largest absolute Gasteiger partial charge is 0.494 e. The molecule has 1 aromatic carbocycles. The molecule has 1 fully saturated rings. The Labute approximate surface area is 155 Å². The van der Waals surface area contributed by atoms with Crippen LogP contribution in [0.2, 0.25) is 0 Å². The Morgan fingerprint density at radius 2 is 1.96 bits per heavy atom. The van der Waals surface area contributed by atoms with Crippen LogP contribution >= 0.6 is 0 Å². The van der Waals surface area contributed by atoms with Crippen molar-refractivity contribution >= 4 is 11.7 Å². The van der Waals surface area contributed by atoms with E-state index in [1.54, 1.807) is 18.2 Å². The Bertz CT molecular complexity index is 583. The summed E-state index contributed by atoms with van der Waals surface area (Å²) in [4.78, 5) is 25.6. The molecule has 6 nitrogen and oxygen atoms in total. The molecule has 0 unspecified atom stereocenters. The van der Waals surface area contributed by atoms with E-state index >= 15 is 0 Å². The number of nitrogens with two attached hydrogens (primary N) is 1. The number of piperidine rings is 1. The maximum Gasteiger partial charge on any atom is 0.222 e. The minimum absolute atomic E-state index is 0.0148. The maximum atomic E-state index is 12.3. The second-order valence-electron chi connectivity index (χ2n) is 6.63. The van der Waals surface area contributed by atoms with Gasteiger partial charge in [0.2, 0.25) is 5.91 Å². The number of ether oxygens (including phenoxy) is 2. The Kier molecular flexibility index (Phi) is 8.58. The molecule has 1 aromatic rings.